The zero-order chi connectivity index (χ0) is 22.5. The molecule has 6 heteroatoms. The van der Waals surface area contributed by atoms with Gasteiger partial charge in [0.05, 0.1) is 0 Å². The van der Waals surface area contributed by atoms with Gasteiger partial charge in [-0.2, -0.15) is 0 Å². The van der Waals surface area contributed by atoms with Crippen molar-refractivity contribution in [3.8, 4) is 22.6 Å². The first-order chi connectivity index (χ1) is 15.5. The van der Waals surface area contributed by atoms with Gasteiger partial charge in [0, 0.05) is 36.9 Å². The number of carbonyl (C=O) groups is 1. The summed E-state index contributed by atoms with van der Waals surface area (Å²) in [6, 6.07) is 21.1. The molecule has 0 aliphatic carbocycles. The van der Waals surface area contributed by atoms with Crippen molar-refractivity contribution < 1.29 is 14.6 Å². The number of carbonyl (C=O) groups excluding carboxylic acids is 1. The van der Waals surface area contributed by atoms with Crippen molar-refractivity contribution >= 4 is 11.6 Å². The molecule has 32 heavy (non-hydrogen) atoms. The lowest BCUT2D eigenvalue weighted by Crippen LogP contribution is -2.26. The molecule has 0 saturated carbocycles. The number of likely N-dealkylation sites (tertiary alicyclic amines) is 1. The van der Waals surface area contributed by atoms with E-state index >= 15 is 0 Å². The van der Waals surface area contributed by atoms with Gasteiger partial charge >= 0.3 is 0 Å². The highest BCUT2D eigenvalue weighted by Gasteiger charge is 2.21. The van der Waals surface area contributed by atoms with Crippen molar-refractivity contribution in [2.75, 3.05) is 25.0 Å². The molecule has 1 amide bonds. The number of nitrogens with one attached hydrogen (secondary N) is 1. The second kappa shape index (κ2) is 9.85. The van der Waals surface area contributed by atoms with Crippen LogP contribution in [0, 0.1) is 6.92 Å². The molecule has 3 aromatic carbocycles. The van der Waals surface area contributed by atoms with Crippen molar-refractivity contribution in [3.05, 3.63) is 77.9 Å². The van der Waals surface area contributed by atoms with E-state index in [1.54, 1.807) is 12.1 Å². The van der Waals surface area contributed by atoms with Crippen LogP contribution in [0.25, 0.3) is 11.1 Å². The van der Waals surface area contributed by atoms with Gasteiger partial charge in [0.15, 0.2) is 6.61 Å². The van der Waals surface area contributed by atoms with E-state index < -0.39 is 0 Å². The first-order valence-corrected chi connectivity index (χ1v) is 10.9. The molecule has 1 saturated heterocycles. The van der Waals surface area contributed by atoms with E-state index in [4.69, 9.17) is 10.5 Å². The van der Waals surface area contributed by atoms with Crippen LogP contribution in [0.5, 0.6) is 11.5 Å². The molecule has 1 fully saturated rings. The molecule has 4 N–H and O–H groups in total. The van der Waals surface area contributed by atoms with Crippen LogP contribution in [0.2, 0.25) is 0 Å². The third-order valence-electron chi connectivity index (χ3n) is 5.62. The highest BCUT2D eigenvalue weighted by Crippen LogP contribution is 2.29. The van der Waals surface area contributed by atoms with Crippen LogP contribution in [0.15, 0.2) is 66.7 Å². The zero-order valence-electron chi connectivity index (χ0n) is 18.3. The fraction of sp³-hybridized carbons (Fsp3) is 0.269. The van der Waals surface area contributed by atoms with E-state index in [9.17, 15) is 9.90 Å². The van der Waals surface area contributed by atoms with E-state index in [1.807, 2.05) is 12.1 Å². The summed E-state index contributed by atoms with van der Waals surface area (Å²) in [5, 5.41) is 12.2. The van der Waals surface area contributed by atoms with Crippen LogP contribution in [-0.4, -0.2) is 41.7 Å². The molecule has 0 spiro atoms. The number of anilines is 1. The van der Waals surface area contributed by atoms with Crippen LogP contribution in [0.4, 0.5) is 5.69 Å². The summed E-state index contributed by atoms with van der Waals surface area (Å²) < 4.78 is 5.93. The standard InChI is InChI=1S/C26H29N3O3/c1-18-3-2-4-19(13-18)20-5-10-25(21(14-20)15-29-12-11-22(27)16-29)32-17-26(31)28-23-6-8-24(30)9-7-23/h2-10,13-14,22,30H,11-12,15-17,27H2,1H3,(H,28,31)/t22-/m0/s1. The van der Waals surface area contributed by atoms with Gasteiger partial charge in [-0.25, -0.2) is 0 Å². The molecule has 166 valence electrons. The first-order valence-electron chi connectivity index (χ1n) is 10.9. The monoisotopic (exact) mass is 431 g/mol. The van der Waals surface area contributed by atoms with Crippen LogP contribution in [0.3, 0.4) is 0 Å². The Morgan fingerprint density at radius 3 is 2.62 bits per heavy atom. The van der Waals surface area contributed by atoms with E-state index in [1.165, 1.54) is 17.7 Å². The molecule has 0 radical (unpaired) electrons. The largest absolute Gasteiger partial charge is 0.508 e. The fourth-order valence-electron chi connectivity index (χ4n) is 3.98. The third kappa shape index (κ3) is 5.66. The fourth-order valence-corrected chi connectivity index (χ4v) is 3.98. The van der Waals surface area contributed by atoms with Crippen LogP contribution >= 0.6 is 0 Å². The predicted molar refractivity (Wildman–Crippen MR) is 127 cm³/mol. The number of nitrogens with zero attached hydrogens (tertiary/aromatic N) is 1. The Labute approximate surface area is 188 Å². The Bertz CT molecular complexity index is 1080. The van der Waals surface area contributed by atoms with Crippen molar-refractivity contribution in [1.29, 1.82) is 0 Å². The average molecular weight is 432 g/mol. The van der Waals surface area contributed by atoms with Crippen molar-refractivity contribution in [2.24, 2.45) is 5.73 Å². The predicted octanol–water partition coefficient (Wildman–Crippen LogP) is 3.92. The molecular formula is C26H29N3O3. The average Bonchev–Trinajstić information content (AvgIpc) is 3.19. The number of hydrogen-bond donors (Lipinski definition) is 3. The Hall–Kier alpha value is -3.35. The highest BCUT2D eigenvalue weighted by atomic mass is 16.5. The number of aromatic hydroxyl groups is 1. The summed E-state index contributed by atoms with van der Waals surface area (Å²) in [6.07, 6.45) is 0.989. The number of ether oxygens (including phenoxy) is 1. The molecule has 3 aromatic rings. The normalized spacial score (nSPS) is 16.1. The third-order valence-corrected chi connectivity index (χ3v) is 5.62. The number of benzene rings is 3. The van der Waals surface area contributed by atoms with Gasteiger partial charge in [-0.3, -0.25) is 9.69 Å². The van der Waals surface area contributed by atoms with E-state index in [2.05, 4.69) is 47.5 Å². The van der Waals surface area contributed by atoms with E-state index in [0.717, 1.165) is 42.7 Å². The van der Waals surface area contributed by atoms with Gasteiger partial charge in [0.2, 0.25) is 0 Å². The Morgan fingerprint density at radius 1 is 1.12 bits per heavy atom. The van der Waals surface area contributed by atoms with Crippen LogP contribution < -0.4 is 15.8 Å². The highest BCUT2D eigenvalue weighted by molar-refractivity contribution is 5.91. The molecule has 4 rings (SSSR count). The molecular weight excluding hydrogens is 402 g/mol. The number of rotatable bonds is 7. The quantitative estimate of drug-likeness (QED) is 0.494. The van der Waals surface area contributed by atoms with Crippen molar-refractivity contribution in [3.63, 3.8) is 0 Å². The van der Waals surface area contributed by atoms with E-state index in [-0.39, 0.29) is 24.3 Å². The number of phenols is 1. The summed E-state index contributed by atoms with van der Waals surface area (Å²) >= 11 is 0. The maximum Gasteiger partial charge on any atom is 0.262 e. The Morgan fingerprint density at radius 2 is 1.91 bits per heavy atom. The van der Waals surface area contributed by atoms with Gasteiger partial charge in [-0.05, 0) is 60.9 Å². The molecule has 1 aliphatic rings. The molecule has 0 unspecified atom stereocenters. The van der Waals surface area contributed by atoms with Gasteiger partial charge in [-0.15, -0.1) is 0 Å². The molecule has 0 aromatic heterocycles. The van der Waals surface area contributed by atoms with Crippen molar-refractivity contribution in [2.45, 2.75) is 25.9 Å². The lowest BCUT2D eigenvalue weighted by molar-refractivity contribution is -0.118. The Kier molecular flexibility index (Phi) is 6.73. The number of phenolic OH excluding ortho intramolecular Hbond substituents is 1. The van der Waals surface area contributed by atoms with Crippen LogP contribution in [0.1, 0.15) is 17.5 Å². The number of hydrogen-bond acceptors (Lipinski definition) is 5. The topological polar surface area (TPSA) is 87.8 Å². The molecule has 0 bridgehead atoms. The first kappa shape index (κ1) is 21.9. The maximum absolute atomic E-state index is 12.4. The SMILES string of the molecule is Cc1cccc(-c2ccc(OCC(=O)Nc3ccc(O)cc3)c(CN3CC[C@H](N)C3)c2)c1. The summed E-state index contributed by atoms with van der Waals surface area (Å²) in [5.41, 5.74) is 11.2. The van der Waals surface area contributed by atoms with Gasteiger partial charge in [-0.1, -0.05) is 35.9 Å². The summed E-state index contributed by atoms with van der Waals surface area (Å²) in [7, 11) is 0. The van der Waals surface area contributed by atoms with Gasteiger partial charge in [0.1, 0.15) is 11.5 Å². The minimum absolute atomic E-state index is 0.100. The summed E-state index contributed by atoms with van der Waals surface area (Å²) in [4.78, 5) is 14.7. The minimum Gasteiger partial charge on any atom is -0.508 e. The van der Waals surface area contributed by atoms with Gasteiger partial charge < -0.3 is 20.9 Å². The van der Waals surface area contributed by atoms with Crippen LogP contribution in [-0.2, 0) is 11.3 Å². The second-order valence-corrected chi connectivity index (χ2v) is 8.36. The molecule has 6 nitrogen and oxygen atoms in total. The zero-order valence-corrected chi connectivity index (χ0v) is 18.3. The Balaban J connectivity index is 1.50. The number of aryl methyl sites for hydroxylation is 1. The second-order valence-electron chi connectivity index (χ2n) is 8.36. The molecule has 1 atom stereocenters. The molecule has 1 heterocycles. The number of amides is 1. The number of nitrogens with two attached hydrogens (primary N) is 1. The minimum atomic E-state index is -0.257. The van der Waals surface area contributed by atoms with Crippen molar-refractivity contribution in [1.82, 2.24) is 4.90 Å². The maximum atomic E-state index is 12.4. The van der Waals surface area contributed by atoms with E-state index in [0.29, 0.717) is 11.4 Å². The lowest BCUT2D eigenvalue weighted by Gasteiger charge is -2.19. The van der Waals surface area contributed by atoms with Gasteiger partial charge in [0.25, 0.3) is 5.91 Å². The lowest BCUT2D eigenvalue weighted by atomic mass is 10.0. The molecule has 1 aliphatic heterocycles. The summed E-state index contributed by atoms with van der Waals surface area (Å²) in [5.74, 6) is 0.592. The smallest absolute Gasteiger partial charge is 0.262 e. The summed E-state index contributed by atoms with van der Waals surface area (Å²) in [6.45, 7) is 4.52.